The van der Waals surface area contributed by atoms with Crippen LogP contribution in [-0.4, -0.2) is 24.5 Å². The summed E-state index contributed by atoms with van der Waals surface area (Å²) >= 11 is 3.30. The van der Waals surface area contributed by atoms with Crippen molar-refractivity contribution in [2.24, 2.45) is 0 Å². The van der Waals surface area contributed by atoms with Crippen LogP contribution in [0.25, 0.3) is 0 Å². The van der Waals surface area contributed by atoms with Gasteiger partial charge in [0.25, 0.3) is 5.91 Å². The standard InChI is InChI=1S/C19H20BrNO3/c1-14(7-8-15-5-3-2-4-6-15)21-18(22)13-24-19(23)16-9-11-17(20)12-10-16/h2-6,9-12,14H,7-8,13H2,1H3,(H,21,22)/t14-/m1/s1. The minimum atomic E-state index is -0.505. The number of nitrogens with one attached hydrogen (secondary N) is 1. The second kappa shape index (κ2) is 9.23. The van der Waals surface area contributed by atoms with Crippen LogP contribution >= 0.6 is 15.9 Å². The van der Waals surface area contributed by atoms with E-state index in [1.54, 1.807) is 24.3 Å². The third-order valence-electron chi connectivity index (χ3n) is 3.53. The average Bonchev–Trinajstić information content (AvgIpc) is 2.59. The Bertz CT molecular complexity index is 671. The van der Waals surface area contributed by atoms with Crippen LogP contribution in [0.4, 0.5) is 0 Å². The van der Waals surface area contributed by atoms with E-state index in [1.165, 1.54) is 5.56 Å². The maximum absolute atomic E-state index is 11.9. The van der Waals surface area contributed by atoms with Gasteiger partial charge in [0, 0.05) is 10.5 Å². The zero-order valence-electron chi connectivity index (χ0n) is 13.5. The summed E-state index contributed by atoms with van der Waals surface area (Å²) in [5, 5.41) is 2.84. The molecule has 0 saturated carbocycles. The number of hydrogen-bond acceptors (Lipinski definition) is 3. The van der Waals surface area contributed by atoms with Gasteiger partial charge in [0.15, 0.2) is 6.61 Å². The molecule has 2 aromatic carbocycles. The van der Waals surface area contributed by atoms with E-state index in [2.05, 4.69) is 33.4 Å². The maximum atomic E-state index is 11.9. The van der Waals surface area contributed by atoms with E-state index >= 15 is 0 Å². The highest BCUT2D eigenvalue weighted by molar-refractivity contribution is 9.10. The summed E-state index contributed by atoms with van der Waals surface area (Å²) in [7, 11) is 0. The van der Waals surface area contributed by atoms with E-state index in [0.717, 1.165) is 17.3 Å². The summed E-state index contributed by atoms with van der Waals surface area (Å²) in [6.45, 7) is 1.67. The number of ether oxygens (including phenoxy) is 1. The highest BCUT2D eigenvalue weighted by Crippen LogP contribution is 2.11. The van der Waals surface area contributed by atoms with Crippen LogP contribution in [-0.2, 0) is 16.0 Å². The molecule has 4 nitrogen and oxygen atoms in total. The molecule has 1 amide bonds. The first-order valence-corrected chi connectivity index (χ1v) is 8.60. The van der Waals surface area contributed by atoms with Crippen molar-refractivity contribution in [1.29, 1.82) is 0 Å². The summed E-state index contributed by atoms with van der Waals surface area (Å²) in [4.78, 5) is 23.7. The lowest BCUT2D eigenvalue weighted by Gasteiger charge is -2.14. The summed E-state index contributed by atoms with van der Waals surface area (Å²) in [5.41, 5.74) is 1.66. The third kappa shape index (κ3) is 6.16. The molecule has 0 bridgehead atoms. The number of carbonyl (C=O) groups excluding carboxylic acids is 2. The van der Waals surface area contributed by atoms with Crippen molar-refractivity contribution in [3.63, 3.8) is 0 Å². The predicted octanol–water partition coefficient (Wildman–Crippen LogP) is 3.74. The third-order valence-corrected chi connectivity index (χ3v) is 4.06. The Balaban J connectivity index is 1.70. The topological polar surface area (TPSA) is 55.4 Å². The highest BCUT2D eigenvalue weighted by Gasteiger charge is 2.12. The van der Waals surface area contributed by atoms with Gasteiger partial charge in [-0.3, -0.25) is 4.79 Å². The molecule has 2 aromatic rings. The zero-order chi connectivity index (χ0) is 17.4. The molecule has 0 aromatic heterocycles. The quantitative estimate of drug-likeness (QED) is 0.733. The van der Waals surface area contributed by atoms with Gasteiger partial charge in [-0.25, -0.2) is 4.79 Å². The van der Waals surface area contributed by atoms with Crippen molar-refractivity contribution in [2.45, 2.75) is 25.8 Å². The van der Waals surface area contributed by atoms with E-state index < -0.39 is 5.97 Å². The molecule has 0 spiro atoms. The van der Waals surface area contributed by atoms with Crippen molar-refractivity contribution < 1.29 is 14.3 Å². The number of aryl methyl sites for hydroxylation is 1. The summed E-state index contributed by atoms with van der Waals surface area (Å²) in [6, 6.07) is 16.9. The summed E-state index contributed by atoms with van der Waals surface area (Å²) < 4.78 is 5.91. The van der Waals surface area contributed by atoms with E-state index in [0.29, 0.717) is 5.56 Å². The first-order chi connectivity index (χ1) is 11.5. The molecule has 0 radical (unpaired) electrons. The van der Waals surface area contributed by atoms with Gasteiger partial charge in [-0.2, -0.15) is 0 Å². The number of amides is 1. The van der Waals surface area contributed by atoms with E-state index in [-0.39, 0.29) is 18.6 Å². The molecular weight excluding hydrogens is 370 g/mol. The fourth-order valence-corrected chi connectivity index (χ4v) is 2.48. The number of halogens is 1. The molecule has 0 unspecified atom stereocenters. The fourth-order valence-electron chi connectivity index (χ4n) is 2.22. The van der Waals surface area contributed by atoms with Crippen LogP contribution in [0.15, 0.2) is 59.1 Å². The molecule has 1 N–H and O–H groups in total. The Hall–Kier alpha value is -2.14. The van der Waals surface area contributed by atoms with Crippen LogP contribution in [0.2, 0.25) is 0 Å². The molecule has 0 heterocycles. The maximum Gasteiger partial charge on any atom is 0.338 e. The van der Waals surface area contributed by atoms with Gasteiger partial charge in [-0.15, -0.1) is 0 Å². The van der Waals surface area contributed by atoms with Gasteiger partial charge < -0.3 is 10.1 Å². The van der Waals surface area contributed by atoms with Crippen LogP contribution in [0.5, 0.6) is 0 Å². The minimum Gasteiger partial charge on any atom is -0.452 e. The molecule has 126 valence electrons. The van der Waals surface area contributed by atoms with Crippen LogP contribution in [0.1, 0.15) is 29.3 Å². The van der Waals surface area contributed by atoms with Gasteiger partial charge in [-0.05, 0) is 49.6 Å². The lowest BCUT2D eigenvalue weighted by atomic mass is 10.1. The van der Waals surface area contributed by atoms with Crippen molar-refractivity contribution in [2.75, 3.05) is 6.61 Å². The van der Waals surface area contributed by atoms with E-state index in [9.17, 15) is 9.59 Å². The van der Waals surface area contributed by atoms with Gasteiger partial charge in [0.05, 0.1) is 5.56 Å². The molecule has 0 fully saturated rings. The Labute approximate surface area is 150 Å². The van der Waals surface area contributed by atoms with Gasteiger partial charge in [0.2, 0.25) is 0 Å². The molecule has 2 rings (SSSR count). The van der Waals surface area contributed by atoms with Gasteiger partial charge >= 0.3 is 5.97 Å². The normalized spacial score (nSPS) is 11.6. The Morgan fingerprint density at radius 3 is 2.42 bits per heavy atom. The van der Waals surface area contributed by atoms with Crippen molar-refractivity contribution in [3.05, 3.63) is 70.2 Å². The summed E-state index contributed by atoms with van der Waals surface area (Å²) in [6.07, 6.45) is 1.72. The predicted molar refractivity (Wildman–Crippen MR) is 96.8 cm³/mol. The van der Waals surface area contributed by atoms with Crippen molar-refractivity contribution in [3.8, 4) is 0 Å². The number of carbonyl (C=O) groups is 2. The lowest BCUT2D eigenvalue weighted by molar-refractivity contribution is -0.124. The highest BCUT2D eigenvalue weighted by atomic mass is 79.9. The molecule has 0 aliphatic heterocycles. The Morgan fingerprint density at radius 2 is 1.75 bits per heavy atom. The van der Waals surface area contributed by atoms with Crippen molar-refractivity contribution in [1.82, 2.24) is 5.32 Å². The Morgan fingerprint density at radius 1 is 1.08 bits per heavy atom. The van der Waals surface area contributed by atoms with Crippen LogP contribution < -0.4 is 5.32 Å². The van der Waals surface area contributed by atoms with Crippen LogP contribution in [0, 0.1) is 0 Å². The molecule has 0 aliphatic carbocycles. The first kappa shape index (κ1) is 18.2. The number of hydrogen-bond donors (Lipinski definition) is 1. The number of benzene rings is 2. The largest absolute Gasteiger partial charge is 0.452 e. The second-order valence-corrected chi connectivity index (χ2v) is 6.49. The molecule has 24 heavy (non-hydrogen) atoms. The molecule has 5 heteroatoms. The van der Waals surface area contributed by atoms with Crippen LogP contribution in [0.3, 0.4) is 0 Å². The summed E-state index contributed by atoms with van der Waals surface area (Å²) in [5.74, 6) is -0.796. The smallest absolute Gasteiger partial charge is 0.338 e. The lowest BCUT2D eigenvalue weighted by Crippen LogP contribution is -2.36. The number of rotatable bonds is 7. The Kier molecular flexibility index (Phi) is 7.00. The fraction of sp³-hybridized carbons (Fsp3) is 0.263. The monoisotopic (exact) mass is 389 g/mol. The molecule has 1 atom stereocenters. The first-order valence-electron chi connectivity index (χ1n) is 7.80. The van der Waals surface area contributed by atoms with E-state index in [4.69, 9.17) is 4.74 Å². The molecular formula is C19H20BrNO3. The SMILES string of the molecule is C[C@H](CCc1ccccc1)NC(=O)COC(=O)c1ccc(Br)cc1. The second-order valence-electron chi connectivity index (χ2n) is 5.58. The van der Waals surface area contributed by atoms with Crippen molar-refractivity contribution >= 4 is 27.8 Å². The van der Waals surface area contributed by atoms with Gasteiger partial charge in [0.1, 0.15) is 0 Å². The van der Waals surface area contributed by atoms with E-state index in [1.807, 2.05) is 25.1 Å². The van der Waals surface area contributed by atoms with Gasteiger partial charge in [-0.1, -0.05) is 46.3 Å². The average molecular weight is 390 g/mol. The zero-order valence-corrected chi connectivity index (χ0v) is 15.1. The number of esters is 1. The molecule has 0 aliphatic rings. The molecule has 0 saturated heterocycles. The minimum absolute atomic E-state index is 0.0177.